The molecule has 4 nitrogen and oxygen atoms in total. The van der Waals surface area contributed by atoms with Crippen LogP contribution in [0.25, 0.3) is 0 Å². The summed E-state index contributed by atoms with van der Waals surface area (Å²) in [4.78, 5) is 11.7. The summed E-state index contributed by atoms with van der Waals surface area (Å²) in [5.74, 6) is 0.846. The van der Waals surface area contributed by atoms with Crippen LogP contribution < -0.4 is 5.32 Å². The first-order chi connectivity index (χ1) is 10.1. The highest BCUT2D eigenvalue weighted by atomic mass is 35.5. The van der Waals surface area contributed by atoms with E-state index in [0.717, 1.165) is 34.9 Å². The Morgan fingerprint density at radius 2 is 2.14 bits per heavy atom. The van der Waals surface area contributed by atoms with Gasteiger partial charge in [-0.3, -0.25) is 4.79 Å². The predicted octanol–water partition coefficient (Wildman–Crippen LogP) is 3.32. The molecule has 2 aromatic rings. The van der Waals surface area contributed by atoms with E-state index in [-0.39, 0.29) is 5.91 Å². The van der Waals surface area contributed by atoms with Gasteiger partial charge in [-0.15, -0.1) is 0 Å². The minimum absolute atomic E-state index is 0.0577. The minimum atomic E-state index is 0.0577. The van der Waals surface area contributed by atoms with Gasteiger partial charge in [0.1, 0.15) is 5.76 Å². The van der Waals surface area contributed by atoms with Crippen LogP contribution in [-0.4, -0.2) is 17.6 Å². The van der Waals surface area contributed by atoms with Gasteiger partial charge in [0.25, 0.3) is 0 Å². The zero-order valence-electron chi connectivity index (χ0n) is 12.1. The number of carbonyl (C=O) groups excluding carboxylic acids is 1. The van der Waals surface area contributed by atoms with Gasteiger partial charge in [-0.1, -0.05) is 35.0 Å². The van der Waals surface area contributed by atoms with Crippen molar-refractivity contribution in [2.24, 2.45) is 0 Å². The first-order valence-corrected chi connectivity index (χ1v) is 7.45. The number of amides is 1. The van der Waals surface area contributed by atoms with Crippen LogP contribution in [0.3, 0.4) is 0 Å². The van der Waals surface area contributed by atoms with Crippen molar-refractivity contribution in [3.8, 4) is 0 Å². The van der Waals surface area contributed by atoms with Crippen LogP contribution >= 0.6 is 11.6 Å². The summed E-state index contributed by atoms with van der Waals surface area (Å²) in [6.45, 7) is 2.43. The zero-order chi connectivity index (χ0) is 15.1. The Hall–Kier alpha value is -1.81. The van der Waals surface area contributed by atoms with Crippen LogP contribution in [0.15, 0.2) is 34.9 Å². The van der Waals surface area contributed by atoms with Gasteiger partial charge >= 0.3 is 0 Å². The molecular weight excluding hydrogens is 288 g/mol. The lowest BCUT2D eigenvalue weighted by Crippen LogP contribution is -2.25. The molecule has 1 aromatic heterocycles. The Morgan fingerprint density at radius 1 is 1.33 bits per heavy atom. The molecule has 0 saturated heterocycles. The van der Waals surface area contributed by atoms with Crippen LogP contribution in [0.1, 0.15) is 29.9 Å². The molecule has 1 N–H and O–H groups in total. The van der Waals surface area contributed by atoms with Crippen molar-refractivity contribution in [2.45, 2.75) is 32.6 Å². The maximum atomic E-state index is 11.7. The SMILES string of the molecule is Cc1cc(CCNC(=O)CCCc2ccccc2Cl)no1. The maximum absolute atomic E-state index is 11.7. The molecule has 112 valence electrons. The quantitative estimate of drug-likeness (QED) is 0.853. The van der Waals surface area contributed by atoms with Gasteiger partial charge in [-0.05, 0) is 31.4 Å². The van der Waals surface area contributed by atoms with Crippen molar-refractivity contribution >= 4 is 17.5 Å². The number of nitrogens with one attached hydrogen (secondary N) is 1. The average Bonchev–Trinajstić information content (AvgIpc) is 2.87. The molecular formula is C16H19ClN2O2. The van der Waals surface area contributed by atoms with E-state index in [2.05, 4.69) is 10.5 Å². The van der Waals surface area contributed by atoms with Crippen molar-refractivity contribution in [1.29, 1.82) is 0 Å². The van der Waals surface area contributed by atoms with E-state index in [1.807, 2.05) is 37.3 Å². The molecule has 0 aliphatic rings. The Labute approximate surface area is 129 Å². The molecule has 0 fully saturated rings. The lowest BCUT2D eigenvalue weighted by molar-refractivity contribution is -0.121. The molecule has 5 heteroatoms. The van der Waals surface area contributed by atoms with E-state index in [1.54, 1.807) is 0 Å². The van der Waals surface area contributed by atoms with E-state index in [0.29, 0.717) is 19.4 Å². The molecule has 0 saturated carbocycles. The van der Waals surface area contributed by atoms with E-state index in [4.69, 9.17) is 16.1 Å². The number of aryl methyl sites for hydroxylation is 2. The number of hydrogen-bond acceptors (Lipinski definition) is 3. The number of nitrogens with zero attached hydrogens (tertiary/aromatic N) is 1. The Kier molecular flexibility index (Phi) is 5.81. The number of halogens is 1. The summed E-state index contributed by atoms with van der Waals surface area (Å²) < 4.78 is 4.97. The fourth-order valence-corrected chi connectivity index (χ4v) is 2.32. The van der Waals surface area contributed by atoms with Gasteiger partial charge in [0.2, 0.25) is 5.91 Å². The van der Waals surface area contributed by atoms with Crippen molar-refractivity contribution in [2.75, 3.05) is 6.54 Å². The van der Waals surface area contributed by atoms with Crippen LogP contribution in [-0.2, 0) is 17.6 Å². The predicted molar refractivity (Wildman–Crippen MR) is 82.3 cm³/mol. The number of aromatic nitrogens is 1. The highest BCUT2D eigenvalue weighted by Gasteiger charge is 2.05. The van der Waals surface area contributed by atoms with Gasteiger partial charge in [0.15, 0.2) is 0 Å². The van der Waals surface area contributed by atoms with Gasteiger partial charge in [0, 0.05) is 30.5 Å². The zero-order valence-corrected chi connectivity index (χ0v) is 12.8. The first kappa shape index (κ1) is 15.6. The Morgan fingerprint density at radius 3 is 2.86 bits per heavy atom. The largest absolute Gasteiger partial charge is 0.361 e. The monoisotopic (exact) mass is 306 g/mol. The molecule has 0 spiro atoms. The lowest BCUT2D eigenvalue weighted by atomic mass is 10.1. The normalized spacial score (nSPS) is 10.6. The maximum Gasteiger partial charge on any atom is 0.220 e. The van der Waals surface area contributed by atoms with Crippen molar-refractivity contribution in [1.82, 2.24) is 10.5 Å². The topological polar surface area (TPSA) is 55.1 Å². The molecule has 1 amide bonds. The van der Waals surface area contributed by atoms with Crippen LogP contribution in [0.5, 0.6) is 0 Å². The third-order valence-corrected chi connectivity index (χ3v) is 3.56. The summed E-state index contributed by atoms with van der Waals surface area (Å²) in [6.07, 6.45) is 2.80. The fourth-order valence-electron chi connectivity index (χ4n) is 2.09. The second-order valence-corrected chi connectivity index (χ2v) is 5.38. The first-order valence-electron chi connectivity index (χ1n) is 7.07. The van der Waals surface area contributed by atoms with Crippen LogP contribution in [0, 0.1) is 6.92 Å². The summed E-state index contributed by atoms with van der Waals surface area (Å²) in [7, 11) is 0. The molecule has 0 unspecified atom stereocenters. The van der Waals surface area contributed by atoms with Crippen molar-refractivity contribution < 1.29 is 9.32 Å². The van der Waals surface area contributed by atoms with E-state index < -0.39 is 0 Å². The fraction of sp³-hybridized carbons (Fsp3) is 0.375. The Balaban J connectivity index is 1.63. The summed E-state index contributed by atoms with van der Waals surface area (Å²) in [5.41, 5.74) is 1.95. The molecule has 1 heterocycles. The summed E-state index contributed by atoms with van der Waals surface area (Å²) in [5, 5.41) is 7.53. The molecule has 0 bridgehead atoms. The highest BCUT2D eigenvalue weighted by Crippen LogP contribution is 2.17. The smallest absolute Gasteiger partial charge is 0.220 e. The number of benzene rings is 1. The van der Waals surface area contributed by atoms with E-state index in [9.17, 15) is 4.79 Å². The molecule has 0 radical (unpaired) electrons. The van der Waals surface area contributed by atoms with Crippen molar-refractivity contribution in [3.05, 3.63) is 52.4 Å². The third kappa shape index (κ3) is 5.23. The molecule has 0 atom stereocenters. The average molecular weight is 307 g/mol. The van der Waals surface area contributed by atoms with Crippen LogP contribution in [0.2, 0.25) is 5.02 Å². The standard InChI is InChI=1S/C16H19ClN2O2/c1-12-11-14(19-21-12)9-10-18-16(20)8-4-6-13-5-2-3-7-15(13)17/h2-3,5,7,11H,4,6,8-10H2,1H3,(H,18,20). The molecule has 1 aromatic carbocycles. The number of hydrogen-bond donors (Lipinski definition) is 1. The summed E-state index contributed by atoms with van der Waals surface area (Å²) >= 11 is 6.08. The van der Waals surface area contributed by atoms with Crippen molar-refractivity contribution in [3.63, 3.8) is 0 Å². The van der Waals surface area contributed by atoms with Gasteiger partial charge in [0.05, 0.1) is 5.69 Å². The summed E-state index contributed by atoms with van der Waals surface area (Å²) in [6, 6.07) is 9.61. The van der Waals surface area contributed by atoms with Gasteiger partial charge < -0.3 is 9.84 Å². The molecule has 0 aliphatic heterocycles. The second kappa shape index (κ2) is 7.84. The van der Waals surface area contributed by atoms with Gasteiger partial charge in [-0.2, -0.15) is 0 Å². The van der Waals surface area contributed by atoms with E-state index in [1.165, 1.54) is 0 Å². The van der Waals surface area contributed by atoms with Crippen LogP contribution in [0.4, 0.5) is 0 Å². The third-order valence-electron chi connectivity index (χ3n) is 3.19. The Bertz CT molecular complexity index is 595. The number of rotatable bonds is 7. The lowest BCUT2D eigenvalue weighted by Gasteiger charge is -2.05. The number of carbonyl (C=O) groups is 1. The molecule has 21 heavy (non-hydrogen) atoms. The molecule has 2 rings (SSSR count). The molecule has 0 aliphatic carbocycles. The van der Waals surface area contributed by atoms with E-state index >= 15 is 0 Å². The minimum Gasteiger partial charge on any atom is -0.361 e. The van der Waals surface area contributed by atoms with Gasteiger partial charge in [-0.25, -0.2) is 0 Å². The highest BCUT2D eigenvalue weighted by molar-refractivity contribution is 6.31. The second-order valence-electron chi connectivity index (χ2n) is 4.97.